The SMILES string of the molecule is CCCCCCCCc1ccc(-c2ccc(-c3ccc(-c4ccc(CCCCCC)s4)s3)c3nsnc23)s1. The van der Waals surface area contributed by atoms with E-state index in [2.05, 4.69) is 62.4 Å². The molecule has 4 aromatic heterocycles. The molecule has 0 N–H and O–H groups in total. The highest BCUT2D eigenvalue weighted by atomic mass is 32.1. The Morgan fingerprint density at radius 3 is 1.58 bits per heavy atom. The van der Waals surface area contributed by atoms with Crippen LogP contribution < -0.4 is 0 Å². The molecule has 0 unspecified atom stereocenters. The number of thiophene rings is 3. The molecule has 0 atom stereocenters. The number of aryl methyl sites for hydroxylation is 2. The molecule has 0 radical (unpaired) electrons. The highest BCUT2D eigenvalue weighted by molar-refractivity contribution is 7.24. The van der Waals surface area contributed by atoms with E-state index in [0.29, 0.717) is 0 Å². The van der Waals surface area contributed by atoms with Crippen LogP contribution in [0, 0.1) is 0 Å². The van der Waals surface area contributed by atoms with E-state index in [9.17, 15) is 0 Å². The minimum absolute atomic E-state index is 1.04. The fourth-order valence-corrected chi connectivity index (χ4v) is 8.81. The van der Waals surface area contributed by atoms with E-state index in [1.54, 1.807) is 0 Å². The number of hydrogen-bond acceptors (Lipinski definition) is 6. The number of nitrogens with zero attached hydrogens (tertiary/aromatic N) is 2. The van der Waals surface area contributed by atoms with Crippen molar-refractivity contribution in [1.82, 2.24) is 8.75 Å². The fourth-order valence-electron chi connectivity index (χ4n) is 4.99. The molecular weight excluding hydrogens is 541 g/mol. The van der Waals surface area contributed by atoms with Crippen molar-refractivity contribution in [3.05, 3.63) is 58.3 Å². The third-order valence-electron chi connectivity index (χ3n) is 7.17. The van der Waals surface area contributed by atoms with E-state index in [1.165, 1.54) is 129 Å². The molecule has 0 amide bonds. The maximum absolute atomic E-state index is 4.75. The van der Waals surface area contributed by atoms with Crippen molar-refractivity contribution >= 4 is 56.8 Å². The molecule has 0 fully saturated rings. The lowest BCUT2D eigenvalue weighted by atomic mass is 10.1. The van der Waals surface area contributed by atoms with Gasteiger partial charge in [0.1, 0.15) is 11.0 Å². The zero-order chi connectivity index (χ0) is 26.2. The first kappa shape index (κ1) is 27.7. The quantitative estimate of drug-likeness (QED) is 0.115. The molecule has 6 heteroatoms. The van der Waals surface area contributed by atoms with Crippen LogP contribution in [0.4, 0.5) is 0 Å². The van der Waals surface area contributed by atoms with E-state index < -0.39 is 0 Å². The number of hydrogen-bond donors (Lipinski definition) is 0. The molecule has 200 valence electrons. The molecular formula is C32H38N2S4. The molecule has 0 saturated carbocycles. The largest absolute Gasteiger partial charge is 0.172 e. The normalized spacial score (nSPS) is 11.6. The van der Waals surface area contributed by atoms with E-state index in [0.717, 1.165) is 11.0 Å². The van der Waals surface area contributed by atoms with E-state index in [1.807, 2.05) is 34.0 Å². The highest BCUT2D eigenvalue weighted by Gasteiger charge is 2.17. The summed E-state index contributed by atoms with van der Waals surface area (Å²) < 4.78 is 9.50. The summed E-state index contributed by atoms with van der Waals surface area (Å²) in [6.45, 7) is 4.55. The number of aromatic nitrogens is 2. The summed E-state index contributed by atoms with van der Waals surface area (Å²) in [6, 6.07) is 18.3. The van der Waals surface area contributed by atoms with Crippen molar-refractivity contribution in [3.63, 3.8) is 0 Å². The molecule has 0 aliphatic carbocycles. The monoisotopic (exact) mass is 578 g/mol. The lowest BCUT2D eigenvalue weighted by Crippen LogP contribution is -1.83. The predicted octanol–water partition coefficient (Wildman–Crippen LogP) is 11.9. The van der Waals surface area contributed by atoms with Gasteiger partial charge in [0.05, 0.1) is 11.7 Å². The Bertz CT molecular complexity index is 1420. The van der Waals surface area contributed by atoms with Crippen molar-refractivity contribution in [3.8, 4) is 30.6 Å². The molecule has 0 spiro atoms. The number of fused-ring (bicyclic) bond motifs is 1. The van der Waals surface area contributed by atoms with E-state index in [4.69, 9.17) is 8.75 Å². The Hall–Kier alpha value is -1.86. The summed E-state index contributed by atoms with van der Waals surface area (Å²) in [5.41, 5.74) is 4.50. The van der Waals surface area contributed by atoms with E-state index >= 15 is 0 Å². The maximum Gasteiger partial charge on any atom is 0.114 e. The van der Waals surface area contributed by atoms with Gasteiger partial charge in [-0.2, -0.15) is 8.75 Å². The van der Waals surface area contributed by atoms with Crippen LogP contribution >= 0.6 is 45.7 Å². The lowest BCUT2D eigenvalue weighted by molar-refractivity contribution is 0.609. The molecule has 0 aliphatic rings. The summed E-state index contributed by atoms with van der Waals surface area (Å²) in [7, 11) is 0. The zero-order valence-electron chi connectivity index (χ0n) is 22.6. The van der Waals surface area contributed by atoms with Crippen LogP contribution in [0.3, 0.4) is 0 Å². The van der Waals surface area contributed by atoms with Crippen LogP contribution in [0.15, 0.2) is 48.5 Å². The van der Waals surface area contributed by atoms with Gasteiger partial charge in [0.15, 0.2) is 0 Å². The topological polar surface area (TPSA) is 25.8 Å². The number of benzene rings is 1. The van der Waals surface area contributed by atoms with Gasteiger partial charge in [0.25, 0.3) is 0 Å². The predicted molar refractivity (Wildman–Crippen MR) is 172 cm³/mol. The standard InChI is InChI=1S/C32H38N2S4/c1-3-5-7-9-10-12-14-23-15-19-27(35-23)25-17-18-26(32-31(25)33-38-34-32)28-21-22-30(37-28)29-20-16-24(36-29)13-11-8-6-4-2/h15-22H,3-14H2,1-2H3. The van der Waals surface area contributed by atoms with Gasteiger partial charge in [0.2, 0.25) is 0 Å². The van der Waals surface area contributed by atoms with Gasteiger partial charge in [-0.3, -0.25) is 0 Å². The maximum atomic E-state index is 4.75. The van der Waals surface area contributed by atoms with Gasteiger partial charge in [-0.05, 0) is 62.1 Å². The first-order valence-corrected chi connectivity index (χ1v) is 17.5. The highest BCUT2D eigenvalue weighted by Crippen LogP contribution is 2.42. The van der Waals surface area contributed by atoms with Crippen LogP contribution in [0.1, 0.15) is 87.8 Å². The molecule has 4 heterocycles. The Balaban J connectivity index is 1.28. The lowest BCUT2D eigenvalue weighted by Gasteiger charge is -2.04. The third-order valence-corrected chi connectivity index (χ3v) is 11.3. The Morgan fingerprint density at radius 1 is 0.474 bits per heavy atom. The van der Waals surface area contributed by atoms with Crippen LogP contribution in [0.2, 0.25) is 0 Å². The van der Waals surface area contributed by atoms with Crippen LogP contribution in [0.25, 0.3) is 41.7 Å². The number of rotatable bonds is 15. The average Bonchev–Trinajstić information content (AvgIpc) is 3.74. The van der Waals surface area contributed by atoms with Crippen LogP contribution in [0.5, 0.6) is 0 Å². The summed E-state index contributed by atoms with van der Waals surface area (Å²) in [6.07, 6.45) is 15.8. The summed E-state index contributed by atoms with van der Waals surface area (Å²) >= 11 is 7.09. The van der Waals surface area contributed by atoms with Crippen LogP contribution in [-0.2, 0) is 12.8 Å². The Morgan fingerprint density at radius 2 is 0.921 bits per heavy atom. The second-order valence-electron chi connectivity index (χ2n) is 10.1. The number of unbranched alkanes of at least 4 members (excludes halogenated alkanes) is 8. The second-order valence-corrected chi connectivity index (χ2v) is 14.1. The summed E-state index contributed by atoms with van der Waals surface area (Å²) in [5.74, 6) is 0. The smallest absolute Gasteiger partial charge is 0.114 e. The Labute approximate surface area is 244 Å². The summed E-state index contributed by atoms with van der Waals surface area (Å²) in [4.78, 5) is 8.31. The van der Waals surface area contributed by atoms with Gasteiger partial charge in [0, 0.05) is 40.4 Å². The van der Waals surface area contributed by atoms with Crippen LogP contribution in [-0.4, -0.2) is 8.75 Å². The van der Waals surface area contributed by atoms with Crippen molar-refractivity contribution in [2.75, 3.05) is 0 Å². The molecule has 0 aliphatic heterocycles. The molecule has 38 heavy (non-hydrogen) atoms. The van der Waals surface area contributed by atoms with Gasteiger partial charge in [-0.25, -0.2) is 0 Å². The zero-order valence-corrected chi connectivity index (χ0v) is 25.9. The van der Waals surface area contributed by atoms with Gasteiger partial charge in [-0.1, -0.05) is 77.3 Å². The molecule has 2 nitrogen and oxygen atoms in total. The van der Waals surface area contributed by atoms with Gasteiger partial charge < -0.3 is 0 Å². The fraction of sp³-hybridized carbons (Fsp3) is 0.438. The van der Waals surface area contributed by atoms with Crippen molar-refractivity contribution in [1.29, 1.82) is 0 Å². The second kappa shape index (κ2) is 14.0. The summed E-state index contributed by atoms with van der Waals surface area (Å²) in [5, 5.41) is 0. The Kier molecular flexibility index (Phi) is 10.2. The molecule has 0 bridgehead atoms. The third kappa shape index (κ3) is 6.82. The van der Waals surface area contributed by atoms with E-state index in [-0.39, 0.29) is 0 Å². The minimum Gasteiger partial charge on any atom is -0.172 e. The first-order chi connectivity index (χ1) is 18.8. The van der Waals surface area contributed by atoms with Gasteiger partial charge in [-0.15, -0.1) is 34.0 Å². The van der Waals surface area contributed by atoms with Crippen molar-refractivity contribution < 1.29 is 0 Å². The van der Waals surface area contributed by atoms with Crippen molar-refractivity contribution in [2.24, 2.45) is 0 Å². The molecule has 1 aromatic carbocycles. The average molecular weight is 579 g/mol. The molecule has 5 aromatic rings. The molecule has 0 saturated heterocycles. The van der Waals surface area contributed by atoms with Crippen molar-refractivity contribution in [2.45, 2.75) is 90.9 Å². The minimum atomic E-state index is 1.04. The van der Waals surface area contributed by atoms with Gasteiger partial charge >= 0.3 is 0 Å². The molecule has 5 rings (SSSR count). The first-order valence-electron chi connectivity index (χ1n) is 14.3.